The van der Waals surface area contributed by atoms with E-state index >= 15 is 0 Å². The predicted octanol–water partition coefficient (Wildman–Crippen LogP) is -1.54. The predicted molar refractivity (Wildman–Crippen MR) is 70.5 cm³/mol. The molecule has 1 aliphatic carbocycles. The maximum Gasteiger partial charge on any atom is 0.324 e. The van der Waals surface area contributed by atoms with Crippen molar-refractivity contribution in [2.75, 3.05) is 32.7 Å². The van der Waals surface area contributed by atoms with Crippen molar-refractivity contribution in [3.8, 4) is 0 Å². The van der Waals surface area contributed by atoms with E-state index in [2.05, 4.69) is 0 Å². The highest BCUT2D eigenvalue weighted by Crippen LogP contribution is 2.41. The Morgan fingerprint density at radius 2 is 1.23 bits per heavy atom. The quantitative estimate of drug-likeness (QED) is 0.352. The highest BCUT2D eigenvalue weighted by atomic mass is 16.4. The molecule has 0 amide bonds. The van der Waals surface area contributed by atoms with E-state index < -0.39 is 49.1 Å². The summed E-state index contributed by atoms with van der Waals surface area (Å²) in [4.78, 5) is 45.9. The smallest absolute Gasteiger partial charge is 0.324 e. The highest BCUT2D eigenvalue weighted by molar-refractivity contribution is 5.83. The Kier molecular flexibility index (Phi) is 5.83. The maximum absolute atomic E-state index is 11.3. The van der Waals surface area contributed by atoms with Crippen molar-refractivity contribution < 1.29 is 39.6 Å². The van der Waals surface area contributed by atoms with Gasteiger partial charge in [0, 0.05) is 13.1 Å². The van der Waals surface area contributed by atoms with Crippen LogP contribution in [-0.2, 0) is 19.2 Å². The number of nitrogens with zero attached hydrogens (tertiary/aromatic N) is 2. The third-order valence-corrected chi connectivity index (χ3v) is 3.46. The van der Waals surface area contributed by atoms with Gasteiger partial charge in [0.25, 0.3) is 0 Å². The van der Waals surface area contributed by atoms with Crippen molar-refractivity contribution in [1.29, 1.82) is 0 Å². The van der Waals surface area contributed by atoms with E-state index in [9.17, 15) is 24.3 Å². The molecule has 1 aliphatic rings. The van der Waals surface area contributed by atoms with Gasteiger partial charge in [-0.3, -0.25) is 29.0 Å². The Hall–Kier alpha value is -2.20. The Balaban J connectivity index is 2.71. The molecule has 0 aromatic carbocycles. The molecular weight excluding hydrogens is 300 g/mol. The van der Waals surface area contributed by atoms with Crippen LogP contribution in [0, 0.1) is 0 Å². The number of carboxylic acid groups (broad SMARTS) is 4. The van der Waals surface area contributed by atoms with E-state index in [4.69, 9.17) is 15.3 Å². The topological polar surface area (TPSA) is 156 Å². The number of carbonyl (C=O) groups is 4. The van der Waals surface area contributed by atoms with Gasteiger partial charge < -0.3 is 20.4 Å². The number of carboxylic acids is 4. The average Bonchev–Trinajstić information content (AvgIpc) is 3.13. The van der Waals surface area contributed by atoms with Crippen LogP contribution in [0.5, 0.6) is 0 Å². The fourth-order valence-corrected chi connectivity index (χ4v) is 2.25. The van der Waals surface area contributed by atoms with E-state index in [1.165, 1.54) is 4.90 Å². The minimum absolute atomic E-state index is 0.0425. The lowest BCUT2D eigenvalue weighted by Gasteiger charge is -2.29. The van der Waals surface area contributed by atoms with Crippen molar-refractivity contribution in [3.63, 3.8) is 0 Å². The number of rotatable bonds is 11. The lowest BCUT2D eigenvalue weighted by Crippen LogP contribution is -2.50. The number of hydrogen-bond donors (Lipinski definition) is 4. The molecule has 0 unspecified atom stereocenters. The Labute approximate surface area is 125 Å². The van der Waals surface area contributed by atoms with Crippen LogP contribution in [0.25, 0.3) is 0 Å². The third-order valence-electron chi connectivity index (χ3n) is 3.46. The first-order valence-corrected chi connectivity index (χ1v) is 6.53. The van der Waals surface area contributed by atoms with Crippen molar-refractivity contribution in [3.05, 3.63) is 0 Å². The van der Waals surface area contributed by atoms with Gasteiger partial charge in [0.1, 0.15) is 5.54 Å². The van der Waals surface area contributed by atoms with E-state index in [1.807, 2.05) is 0 Å². The standard InChI is InChI=1S/C12H18N2O8/c15-8(16)5-13(6-9(17)18)3-4-14(7-10(19)20)12(1-2-12)11(21)22/h1-7H2,(H,15,16)(H,17,18)(H,19,20)(H,21,22). The zero-order valence-electron chi connectivity index (χ0n) is 11.8. The summed E-state index contributed by atoms with van der Waals surface area (Å²) in [6.07, 6.45) is 0.626. The van der Waals surface area contributed by atoms with Crippen LogP contribution in [0.15, 0.2) is 0 Å². The first-order chi connectivity index (χ1) is 10.2. The Bertz CT molecular complexity index is 458. The molecule has 0 bridgehead atoms. The summed E-state index contributed by atoms with van der Waals surface area (Å²) < 4.78 is 0. The second-order valence-corrected chi connectivity index (χ2v) is 5.15. The lowest BCUT2D eigenvalue weighted by atomic mass is 10.2. The van der Waals surface area contributed by atoms with Gasteiger partial charge >= 0.3 is 23.9 Å². The zero-order chi connectivity index (χ0) is 16.9. The van der Waals surface area contributed by atoms with E-state index in [0.29, 0.717) is 12.8 Å². The average molecular weight is 318 g/mol. The van der Waals surface area contributed by atoms with Gasteiger partial charge in [-0.2, -0.15) is 0 Å². The van der Waals surface area contributed by atoms with Crippen molar-refractivity contribution >= 4 is 23.9 Å². The largest absolute Gasteiger partial charge is 0.480 e. The molecular formula is C12H18N2O8. The second kappa shape index (κ2) is 7.18. The molecule has 124 valence electrons. The Morgan fingerprint density at radius 3 is 1.55 bits per heavy atom. The molecule has 0 radical (unpaired) electrons. The van der Waals surface area contributed by atoms with Crippen LogP contribution < -0.4 is 0 Å². The summed E-state index contributed by atoms with van der Waals surface area (Å²) in [5.74, 6) is -4.76. The number of hydrogen-bond acceptors (Lipinski definition) is 6. The fraction of sp³-hybridized carbons (Fsp3) is 0.667. The summed E-state index contributed by atoms with van der Waals surface area (Å²) in [5.41, 5.74) is -1.24. The molecule has 10 heteroatoms. The van der Waals surface area contributed by atoms with E-state index in [1.54, 1.807) is 0 Å². The summed E-state index contributed by atoms with van der Waals surface area (Å²) >= 11 is 0. The minimum Gasteiger partial charge on any atom is -0.480 e. The van der Waals surface area contributed by atoms with Gasteiger partial charge in [-0.05, 0) is 12.8 Å². The molecule has 1 saturated carbocycles. The molecule has 22 heavy (non-hydrogen) atoms. The van der Waals surface area contributed by atoms with Crippen molar-refractivity contribution in [1.82, 2.24) is 9.80 Å². The first-order valence-electron chi connectivity index (χ1n) is 6.53. The molecule has 0 aliphatic heterocycles. The SMILES string of the molecule is O=C(O)CN(CCN(CC(=O)O)C1(C(=O)O)CC1)CC(=O)O. The summed E-state index contributed by atoms with van der Waals surface area (Å²) in [6, 6.07) is 0. The minimum atomic E-state index is -1.24. The molecule has 1 rings (SSSR count). The molecule has 0 aromatic rings. The van der Waals surface area contributed by atoms with Gasteiger partial charge in [-0.25, -0.2) is 0 Å². The summed E-state index contributed by atoms with van der Waals surface area (Å²) in [6.45, 7) is -1.64. The monoisotopic (exact) mass is 318 g/mol. The van der Waals surface area contributed by atoms with Gasteiger partial charge in [-0.1, -0.05) is 0 Å². The third kappa shape index (κ3) is 4.97. The molecule has 0 saturated heterocycles. The van der Waals surface area contributed by atoms with Crippen LogP contribution in [-0.4, -0.2) is 92.4 Å². The Morgan fingerprint density at radius 1 is 0.773 bits per heavy atom. The fourth-order valence-electron chi connectivity index (χ4n) is 2.25. The molecule has 0 heterocycles. The molecule has 0 aromatic heterocycles. The van der Waals surface area contributed by atoms with Crippen LogP contribution in [0.3, 0.4) is 0 Å². The molecule has 0 atom stereocenters. The van der Waals surface area contributed by atoms with Crippen molar-refractivity contribution in [2.24, 2.45) is 0 Å². The molecule has 10 nitrogen and oxygen atoms in total. The molecule has 1 fully saturated rings. The highest BCUT2D eigenvalue weighted by Gasteiger charge is 2.55. The zero-order valence-corrected chi connectivity index (χ0v) is 11.8. The maximum atomic E-state index is 11.3. The first kappa shape index (κ1) is 17.9. The van der Waals surface area contributed by atoms with E-state index in [0.717, 1.165) is 4.90 Å². The second-order valence-electron chi connectivity index (χ2n) is 5.15. The van der Waals surface area contributed by atoms with Gasteiger partial charge in [0.05, 0.1) is 19.6 Å². The molecule has 0 spiro atoms. The molecule has 4 N–H and O–H groups in total. The lowest BCUT2D eigenvalue weighted by molar-refractivity contribution is -0.150. The van der Waals surface area contributed by atoms with Crippen LogP contribution in [0.2, 0.25) is 0 Å². The summed E-state index contributed by atoms with van der Waals surface area (Å²) in [5, 5.41) is 35.5. The van der Waals surface area contributed by atoms with Crippen LogP contribution in [0.1, 0.15) is 12.8 Å². The normalized spacial score (nSPS) is 15.7. The van der Waals surface area contributed by atoms with E-state index in [-0.39, 0.29) is 13.1 Å². The summed E-state index contributed by atoms with van der Waals surface area (Å²) in [7, 11) is 0. The number of aliphatic carboxylic acids is 4. The van der Waals surface area contributed by atoms with Gasteiger partial charge in [0.2, 0.25) is 0 Å². The van der Waals surface area contributed by atoms with Crippen LogP contribution >= 0.6 is 0 Å². The van der Waals surface area contributed by atoms with Crippen LogP contribution in [0.4, 0.5) is 0 Å². The van der Waals surface area contributed by atoms with Crippen molar-refractivity contribution in [2.45, 2.75) is 18.4 Å². The van der Waals surface area contributed by atoms with Gasteiger partial charge in [0.15, 0.2) is 0 Å². The van der Waals surface area contributed by atoms with Gasteiger partial charge in [-0.15, -0.1) is 0 Å².